The summed E-state index contributed by atoms with van der Waals surface area (Å²) in [5.74, 6) is 0. The summed E-state index contributed by atoms with van der Waals surface area (Å²) in [5.41, 5.74) is 2.77. The van der Waals surface area contributed by atoms with Gasteiger partial charge in [0.25, 0.3) is 0 Å². The van der Waals surface area contributed by atoms with Gasteiger partial charge in [-0.15, -0.1) is 0 Å². The molecule has 1 aliphatic rings. The lowest BCUT2D eigenvalue weighted by Crippen LogP contribution is -2.53. The molecule has 1 aromatic rings. The van der Waals surface area contributed by atoms with E-state index in [0.717, 1.165) is 0 Å². The van der Waals surface area contributed by atoms with Gasteiger partial charge in [-0.1, -0.05) is 31.7 Å². The highest BCUT2D eigenvalue weighted by Gasteiger charge is 2.41. The molecule has 112 valence electrons. The number of aryl methyl sites for hydroxylation is 1. The van der Waals surface area contributed by atoms with Crippen LogP contribution in [0.1, 0.15) is 55.7 Å². The van der Waals surface area contributed by atoms with Gasteiger partial charge < -0.3 is 10.2 Å². The van der Waals surface area contributed by atoms with Crippen LogP contribution in [0.2, 0.25) is 0 Å². The Hall–Kier alpha value is -0.930. The molecule has 0 spiro atoms. The van der Waals surface area contributed by atoms with Crippen molar-refractivity contribution in [2.75, 3.05) is 21.1 Å². The second-order valence-corrected chi connectivity index (χ2v) is 6.43. The monoisotopic (exact) mass is 275 g/mol. The number of aromatic nitrogens is 1. The normalized spacial score (nSPS) is 20.6. The van der Waals surface area contributed by atoms with Crippen LogP contribution in [-0.4, -0.2) is 36.6 Å². The van der Waals surface area contributed by atoms with E-state index in [1.807, 2.05) is 12.4 Å². The summed E-state index contributed by atoms with van der Waals surface area (Å²) in [7, 11) is 6.56. The molecule has 3 nitrogen and oxygen atoms in total. The Balaban J connectivity index is 2.38. The molecule has 0 saturated heterocycles. The number of pyridine rings is 1. The molecule has 0 bridgehead atoms. The molecule has 1 fully saturated rings. The predicted molar refractivity (Wildman–Crippen MR) is 84.9 cm³/mol. The molecule has 1 saturated carbocycles. The largest absolute Gasteiger partial charge is 0.311 e. The van der Waals surface area contributed by atoms with E-state index in [1.54, 1.807) is 0 Å². The van der Waals surface area contributed by atoms with Crippen molar-refractivity contribution in [2.45, 2.75) is 57.0 Å². The van der Waals surface area contributed by atoms with Gasteiger partial charge in [0.15, 0.2) is 0 Å². The fourth-order valence-electron chi connectivity index (χ4n) is 3.82. The molecule has 1 unspecified atom stereocenters. The number of likely N-dealkylation sites (N-methyl/N-ethyl adjacent to an activating group) is 2. The van der Waals surface area contributed by atoms with Crippen molar-refractivity contribution in [1.29, 1.82) is 0 Å². The van der Waals surface area contributed by atoms with Gasteiger partial charge in [0, 0.05) is 17.9 Å². The number of nitrogens with one attached hydrogen (secondary N) is 1. The van der Waals surface area contributed by atoms with Crippen molar-refractivity contribution >= 4 is 0 Å². The Morgan fingerprint density at radius 2 is 1.80 bits per heavy atom. The Bertz CT molecular complexity index is 420. The number of rotatable bonds is 4. The van der Waals surface area contributed by atoms with Gasteiger partial charge in [-0.3, -0.25) is 4.98 Å². The van der Waals surface area contributed by atoms with Crippen LogP contribution in [0.5, 0.6) is 0 Å². The van der Waals surface area contributed by atoms with Crippen LogP contribution >= 0.6 is 0 Å². The first-order chi connectivity index (χ1) is 9.60. The van der Waals surface area contributed by atoms with E-state index in [2.05, 4.69) is 49.3 Å². The fraction of sp³-hybridized carbons (Fsp3) is 0.706. The summed E-state index contributed by atoms with van der Waals surface area (Å²) < 4.78 is 0. The molecule has 1 N–H and O–H groups in total. The summed E-state index contributed by atoms with van der Waals surface area (Å²) in [4.78, 5) is 6.85. The maximum absolute atomic E-state index is 4.40. The molecule has 1 aliphatic carbocycles. The van der Waals surface area contributed by atoms with Crippen molar-refractivity contribution < 1.29 is 0 Å². The zero-order valence-corrected chi connectivity index (χ0v) is 13.4. The highest BCUT2D eigenvalue weighted by molar-refractivity contribution is 5.24. The standard InChI is InChI=1S/C17H29N3/c1-14-11-15(13-19-12-14)16(18-2)17(20(3)4)9-7-5-6-8-10-17/h11-13,16,18H,5-10H2,1-4H3. The minimum Gasteiger partial charge on any atom is -0.311 e. The topological polar surface area (TPSA) is 28.2 Å². The van der Waals surface area contributed by atoms with Crippen LogP contribution in [0.4, 0.5) is 0 Å². The quantitative estimate of drug-likeness (QED) is 0.855. The molecular formula is C17H29N3. The highest BCUT2D eigenvalue weighted by atomic mass is 15.2. The molecule has 1 aromatic heterocycles. The molecule has 2 rings (SSSR count). The second kappa shape index (κ2) is 6.68. The van der Waals surface area contributed by atoms with E-state index in [-0.39, 0.29) is 5.54 Å². The molecule has 0 aliphatic heterocycles. The van der Waals surface area contributed by atoms with Gasteiger partial charge in [-0.05, 0) is 52.0 Å². The zero-order valence-electron chi connectivity index (χ0n) is 13.4. The SMILES string of the molecule is CNC(c1cncc(C)c1)C1(N(C)C)CCCCCC1. The lowest BCUT2D eigenvalue weighted by molar-refractivity contribution is 0.0833. The van der Waals surface area contributed by atoms with E-state index >= 15 is 0 Å². The van der Waals surface area contributed by atoms with E-state index in [1.165, 1.54) is 49.7 Å². The van der Waals surface area contributed by atoms with Gasteiger partial charge in [-0.25, -0.2) is 0 Å². The molecule has 3 heteroatoms. The number of hydrogen-bond acceptors (Lipinski definition) is 3. The average Bonchev–Trinajstić information content (AvgIpc) is 2.67. The summed E-state index contributed by atoms with van der Waals surface area (Å²) in [6.45, 7) is 2.12. The molecule has 0 radical (unpaired) electrons. The van der Waals surface area contributed by atoms with E-state index in [0.29, 0.717) is 6.04 Å². The summed E-state index contributed by atoms with van der Waals surface area (Å²) in [6, 6.07) is 2.63. The predicted octanol–water partition coefficient (Wildman–Crippen LogP) is 3.31. The third kappa shape index (κ3) is 3.04. The van der Waals surface area contributed by atoms with Crippen LogP contribution in [0, 0.1) is 6.92 Å². The van der Waals surface area contributed by atoms with Gasteiger partial charge in [-0.2, -0.15) is 0 Å². The summed E-state index contributed by atoms with van der Waals surface area (Å²) >= 11 is 0. The van der Waals surface area contributed by atoms with Crippen LogP contribution in [0.25, 0.3) is 0 Å². The van der Waals surface area contributed by atoms with Gasteiger partial charge in [0.05, 0.1) is 6.04 Å². The molecule has 1 heterocycles. The summed E-state index contributed by atoms with van der Waals surface area (Å²) in [6.07, 6.45) is 11.9. The van der Waals surface area contributed by atoms with Crippen LogP contribution < -0.4 is 5.32 Å². The number of nitrogens with zero attached hydrogens (tertiary/aromatic N) is 2. The van der Waals surface area contributed by atoms with Crippen LogP contribution in [0.15, 0.2) is 18.5 Å². The summed E-state index contributed by atoms with van der Waals surface area (Å²) in [5, 5.41) is 3.58. The Morgan fingerprint density at radius 3 is 2.30 bits per heavy atom. The first-order valence-corrected chi connectivity index (χ1v) is 7.86. The Labute approximate surface area is 123 Å². The lowest BCUT2D eigenvalue weighted by Gasteiger charge is -2.46. The molecule has 0 amide bonds. The Morgan fingerprint density at radius 1 is 1.15 bits per heavy atom. The maximum Gasteiger partial charge on any atom is 0.0519 e. The highest BCUT2D eigenvalue weighted by Crippen LogP contribution is 2.40. The van der Waals surface area contributed by atoms with Crippen molar-refractivity contribution in [3.8, 4) is 0 Å². The van der Waals surface area contributed by atoms with Crippen molar-refractivity contribution in [3.05, 3.63) is 29.6 Å². The molecule has 1 atom stereocenters. The van der Waals surface area contributed by atoms with E-state index in [9.17, 15) is 0 Å². The minimum atomic E-state index is 0.209. The third-order valence-corrected chi connectivity index (χ3v) is 4.92. The first-order valence-electron chi connectivity index (χ1n) is 7.86. The first kappa shape index (κ1) is 15.5. The zero-order chi connectivity index (χ0) is 14.6. The molecule has 0 aromatic carbocycles. The Kier molecular flexibility index (Phi) is 5.17. The van der Waals surface area contributed by atoms with Gasteiger partial charge in [0.1, 0.15) is 0 Å². The van der Waals surface area contributed by atoms with Crippen molar-refractivity contribution in [3.63, 3.8) is 0 Å². The van der Waals surface area contributed by atoms with Gasteiger partial charge in [0.2, 0.25) is 0 Å². The molecule has 20 heavy (non-hydrogen) atoms. The lowest BCUT2D eigenvalue weighted by atomic mass is 9.78. The van der Waals surface area contributed by atoms with Gasteiger partial charge >= 0.3 is 0 Å². The van der Waals surface area contributed by atoms with Crippen molar-refractivity contribution in [2.24, 2.45) is 0 Å². The smallest absolute Gasteiger partial charge is 0.0519 e. The minimum absolute atomic E-state index is 0.209. The van der Waals surface area contributed by atoms with E-state index in [4.69, 9.17) is 0 Å². The maximum atomic E-state index is 4.40. The average molecular weight is 275 g/mol. The van der Waals surface area contributed by atoms with E-state index < -0.39 is 0 Å². The van der Waals surface area contributed by atoms with Crippen molar-refractivity contribution in [1.82, 2.24) is 15.2 Å². The van der Waals surface area contributed by atoms with Crippen LogP contribution in [-0.2, 0) is 0 Å². The second-order valence-electron chi connectivity index (χ2n) is 6.43. The number of hydrogen-bond donors (Lipinski definition) is 1. The fourth-order valence-corrected chi connectivity index (χ4v) is 3.82. The molecular weight excluding hydrogens is 246 g/mol. The van der Waals surface area contributed by atoms with Crippen LogP contribution in [0.3, 0.4) is 0 Å². The third-order valence-electron chi connectivity index (χ3n) is 4.92.